The van der Waals surface area contributed by atoms with E-state index < -0.39 is 11.7 Å². The molecule has 1 aromatic carbocycles. The second-order valence-electron chi connectivity index (χ2n) is 5.24. The molecule has 0 aromatic heterocycles. The Morgan fingerprint density at radius 2 is 2.00 bits per heavy atom. The molecular formula is C16H24O3. The topological polar surface area (TPSA) is 38.7 Å². The van der Waals surface area contributed by atoms with Crippen LogP contribution in [0, 0.1) is 0 Å². The molecule has 1 atom stereocenters. The first kappa shape index (κ1) is 14.4. The number of aliphatic hydroxyl groups excluding tert-OH is 1. The minimum absolute atomic E-state index is 0.427. The highest BCUT2D eigenvalue weighted by atomic mass is 16.5. The van der Waals surface area contributed by atoms with E-state index >= 15 is 0 Å². The summed E-state index contributed by atoms with van der Waals surface area (Å²) in [5.41, 5.74) is 0.456. The summed E-state index contributed by atoms with van der Waals surface area (Å²) in [5.74, 6) is 0.807. The van der Waals surface area contributed by atoms with Crippen LogP contribution in [0.15, 0.2) is 24.3 Å². The molecule has 19 heavy (non-hydrogen) atoms. The number of aliphatic hydroxyl groups is 1. The van der Waals surface area contributed by atoms with Crippen molar-refractivity contribution < 1.29 is 14.6 Å². The molecule has 1 saturated carbocycles. The maximum atomic E-state index is 10.7. The molecule has 0 aliphatic heterocycles. The molecule has 0 heterocycles. The zero-order chi connectivity index (χ0) is 13.7. The van der Waals surface area contributed by atoms with Gasteiger partial charge in [0.2, 0.25) is 0 Å². The zero-order valence-corrected chi connectivity index (χ0v) is 11.9. The highest BCUT2D eigenvalue weighted by Gasteiger charge is 2.40. The normalized spacial score (nSPS) is 19.9. The van der Waals surface area contributed by atoms with Crippen molar-refractivity contribution in [1.82, 2.24) is 0 Å². The molecule has 0 bridgehead atoms. The van der Waals surface area contributed by atoms with E-state index in [4.69, 9.17) is 9.47 Å². The van der Waals surface area contributed by atoms with Crippen molar-refractivity contribution in [3.05, 3.63) is 29.8 Å². The Balaban J connectivity index is 2.21. The van der Waals surface area contributed by atoms with Gasteiger partial charge in [-0.2, -0.15) is 0 Å². The van der Waals surface area contributed by atoms with Crippen LogP contribution in [0.1, 0.15) is 50.7 Å². The fraction of sp³-hybridized carbons (Fsp3) is 0.625. The van der Waals surface area contributed by atoms with Gasteiger partial charge in [0.1, 0.15) is 11.9 Å². The fourth-order valence-electron chi connectivity index (χ4n) is 2.98. The van der Waals surface area contributed by atoms with Crippen molar-refractivity contribution in [3.63, 3.8) is 0 Å². The van der Waals surface area contributed by atoms with Crippen LogP contribution in [0.4, 0.5) is 0 Å². The summed E-state index contributed by atoms with van der Waals surface area (Å²) in [4.78, 5) is 0. The first-order chi connectivity index (χ1) is 9.22. The molecular weight excluding hydrogens is 240 g/mol. The lowest BCUT2D eigenvalue weighted by molar-refractivity contribution is -0.125. The van der Waals surface area contributed by atoms with E-state index in [1.165, 1.54) is 6.42 Å². The van der Waals surface area contributed by atoms with E-state index in [1.807, 2.05) is 31.2 Å². The van der Waals surface area contributed by atoms with Crippen molar-refractivity contribution in [2.45, 2.75) is 50.7 Å². The van der Waals surface area contributed by atoms with Crippen molar-refractivity contribution in [2.24, 2.45) is 0 Å². The average molecular weight is 264 g/mol. The molecule has 3 nitrogen and oxygen atoms in total. The van der Waals surface area contributed by atoms with Crippen LogP contribution in [0.3, 0.4) is 0 Å². The maximum absolute atomic E-state index is 10.7. The lowest BCUT2D eigenvalue weighted by Gasteiger charge is -2.40. The van der Waals surface area contributed by atoms with Gasteiger partial charge in [-0.15, -0.1) is 0 Å². The van der Waals surface area contributed by atoms with E-state index in [0.717, 1.165) is 37.0 Å². The van der Waals surface area contributed by atoms with Crippen LogP contribution in [0.2, 0.25) is 0 Å². The van der Waals surface area contributed by atoms with E-state index in [-0.39, 0.29) is 0 Å². The molecule has 1 N–H and O–H groups in total. The van der Waals surface area contributed by atoms with Crippen molar-refractivity contribution in [3.8, 4) is 5.75 Å². The predicted molar refractivity (Wildman–Crippen MR) is 75.4 cm³/mol. The lowest BCUT2D eigenvalue weighted by Crippen LogP contribution is -2.40. The average Bonchev–Trinajstić information content (AvgIpc) is 2.48. The summed E-state index contributed by atoms with van der Waals surface area (Å²) in [6.45, 7) is 2.59. The summed E-state index contributed by atoms with van der Waals surface area (Å²) in [5, 5.41) is 10.7. The van der Waals surface area contributed by atoms with E-state index in [1.54, 1.807) is 7.11 Å². The molecule has 2 rings (SSSR count). The van der Waals surface area contributed by atoms with Gasteiger partial charge in [-0.1, -0.05) is 31.4 Å². The molecule has 0 amide bonds. The molecule has 1 aliphatic carbocycles. The Labute approximate surface area is 115 Å². The number of hydrogen-bond acceptors (Lipinski definition) is 3. The third-order valence-corrected chi connectivity index (χ3v) is 4.09. The van der Waals surface area contributed by atoms with Gasteiger partial charge >= 0.3 is 0 Å². The van der Waals surface area contributed by atoms with Gasteiger partial charge in [0.25, 0.3) is 0 Å². The molecule has 1 fully saturated rings. The molecule has 1 unspecified atom stereocenters. The minimum atomic E-state index is -0.585. The Morgan fingerprint density at radius 1 is 1.26 bits per heavy atom. The summed E-state index contributed by atoms with van der Waals surface area (Å²) in [6.07, 6.45) is 4.73. The third-order valence-electron chi connectivity index (χ3n) is 4.09. The highest BCUT2D eigenvalue weighted by molar-refractivity contribution is 5.31. The van der Waals surface area contributed by atoms with Crippen LogP contribution in [-0.4, -0.2) is 24.4 Å². The van der Waals surface area contributed by atoms with Gasteiger partial charge < -0.3 is 14.6 Å². The third kappa shape index (κ3) is 3.10. The summed E-state index contributed by atoms with van der Waals surface area (Å²) < 4.78 is 11.2. The molecule has 1 aromatic rings. The second kappa shape index (κ2) is 6.40. The van der Waals surface area contributed by atoms with Crippen molar-refractivity contribution in [2.75, 3.05) is 13.7 Å². The van der Waals surface area contributed by atoms with Crippen LogP contribution in [-0.2, 0) is 4.74 Å². The summed E-state index contributed by atoms with van der Waals surface area (Å²) >= 11 is 0. The lowest BCUT2D eigenvalue weighted by atomic mass is 9.78. The Kier molecular flexibility index (Phi) is 4.83. The molecule has 106 valence electrons. The van der Waals surface area contributed by atoms with Gasteiger partial charge in [-0.05, 0) is 37.5 Å². The van der Waals surface area contributed by atoms with E-state index in [0.29, 0.717) is 6.61 Å². The number of benzene rings is 1. The van der Waals surface area contributed by atoms with Crippen molar-refractivity contribution in [1.29, 1.82) is 0 Å². The molecule has 0 saturated heterocycles. The molecule has 3 heteroatoms. The predicted octanol–water partition coefficient (Wildman–Crippen LogP) is 3.47. The van der Waals surface area contributed by atoms with Crippen molar-refractivity contribution >= 4 is 0 Å². The van der Waals surface area contributed by atoms with Crippen LogP contribution < -0.4 is 4.74 Å². The number of rotatable bonds is 5. The quantitative estimate of drug-likeness (QED) is 0.885. The van der Waals surface area contributed by atoms with E-state index in [2.05, 4.69) is 0 Å². The Bertz CT molecular complexity index is 397. The smallest absolute Gasteiger partial charge is 0.119 e. The fourth-order valence-corrected chi connectivity index (χ4v) is 2.98. The molecule has 0 spiro atoms. The standard InChI is InChI=1S/C16H24O3/c1-3-19-14-9-7-8-13(12-14)15(17)16(18-2)10-5-4-6-11-16/h7-9,12,15,17H,3-6,10-11H2,1-2H3. The Hall–Kier alpha value is -1.06. The SMILES string of the molecule is CCOc1cccc(C(O)C2(OC)CCCCC2)c1. The van der Waals surface area contributed by atoms with Gasteiger partial charge in [0.15, 0.2) is 0 Å². The molecule has 0 radical (unpaired) electrons. The van der Waals surface area contributed by atoms with Gasteiger partial charge in [0, 0.05) is 7.11 Å². The van der Waals surface area contributed by atoms with Crippen LogP contribution in [0.25, 0.3) is 0 Å². The largest absolute Gasteiger partial charge is 0.494 e. The monoisotopic (exact) mass is 264 g/mol. The maximum Gasteiger partial charge on any atom is 0.119 e. The second-order valence-corrected chi connectivity index (χ2v) is 5.24. The van der Waals surface area contributed by atoms with Gasteiger partial charge in [-0.3, -0.25) is 0 Å². The number of methoxy groups -OCH3 is 1. The van der Waals surface area contributed by atoms with Gasteiger partial charge in [-0.25, -0.2) is 0 Å². The summed E-state index contributed by atoms with van der Waals surface area (Å²) in [6, 6.07) is 7.71. The number of ether oxygens (including phenoxy) is 2. The first-order valence-corrected chi connectivity index (χ1v) is 7.18. The Morgan fingerprint density at radius 3 is 2.63 bits per heavy atom. The van der Waals surface area contributed by atoms with E-state index in [9.17, 15) is 5.11 Å². The van der Waals surface area contributed by atoms with Crippen LogP contribution in [0.5, 0.6) is 5.75 Å². The minimum Gasteiger partial charge on any atom is -0.494 e. The van der Waals surface area contributed by atoms with Gasteiger partial charge in [0.05, 0.1) is 12.2 Å². The number of hydrogen-bond donors (Lipinski definition) is 1. The molecule has 1 aliphatic rings. The first-order valence-electron chi connectivity index (χ1n) is 7.18. The van der Waals surface area contributed by atoms with Crippen LogP contribution >= 0.6 is 0 Å². The zero-order valence-electron chi connectivity index (χ0n) is 11.9. The summed E-state index contributed by atoms with van der Waals surface area (Å²) in [7, 11) is 1.71. The highest BCUT2D eigenvalue weighted by Crippen LogP contribution is 2.41.